The summed E-state index contributed by atoms with van der Waals surface area (Å²) in [6, 6.07) is 14.7. The van der Waals surface area contributed by atoms with E-state index in [4.69, 9.17) is 15.8 Å². The van der Waals surface area contributed by atoms with E-state index in [-0.39, 0.29) is 12.2 Å². The predicted molar refractivity (Wildman–Crippen MR) is 115 cm³/mol. The average molecular weight is 398 g/mol. The van der Waals surface area contributed by atoms with Gasteiger partial charge in [0.1, 0.15) is 5.54 Å². The lowest BCUT2D eigenvalue weighted by Crippen LogP contribution is -2.56. The predicted octanol–water partition coefficient (Wildman–Crippen LogP) is 2.48. The van der Waals surface area contributed by atoms with Crippen LogP contribution in [0.1, 0.15) is 37.7 Å². The second kappa shape index (κ2) is 9.72. The molecule has 1 heterocycles. The van der Waals surface area contributed by atoms with Gasteiger partial charge in [-0.25, -0.2) is 0 Å². The number of nitrogens with zero attached hydrogens (tertiary/aromatic N) is 1. The van der Waals surface area contributed by atoms with E-state index in [2.05, 4.69) is 41.3 Å². The number of likely N-dealkylation sites (tertiary alicyclic amines) is 1. The Bertz CT molecular complexity index is 818. The van der Waals surface area contributed by atoms with E-state index < -0.39 is 18.6 Å². The van der Waals surface area contributed by atoms with Crippen LogP contribution in [0.3, 0.4) is 0 Å². The molecule has 0 aliphatic carbocycles. The van der Waals surface area contributed by atoms with Crippen LogP contribution in [0, 0.1) is 5.92 Å². The van der Waals surface area contributed by atoms with Crippen molar-refractivity contribution in [2.45, 2.75) is 50.5 Å². The summed E-state index contributed by atoms with van der Waals surface area (Å²) in [5, 5.41) is 30.2. The minimum Gasteiger partial charge on any atom is -0.480 e. The Balaban J connectivity index is 1.58. The smallest absolute Gasteiger partial charge is 0.451 e. The quantitative estimate of drug-likeness (QED) is 0.382. The van der Waals surface area contributed by atoms with Gasteiger partial charge in [-0.3, -0.25) is 9.69 Å². The number of aliphatic carboxylic acids is 1. The molecule has 156 valence electrons. The van der Waals surface area contributed by atoms with Crippen molar-refractivity contribution in [3.05, 3.63) is 48.0 Å². The largest absolute Gasteiger partial charge is 0.480 e. The Hall–Kier alpha value is -1.93. The number of carbonyl (C=O) groups is 1. The molecule has 0 amide bonds. The molecule has 2 aromatic rings. The maximum atomic E-state index is 11.9. The number of carboxylic acids is 1. The number of hydrogen-bond acceptors (Lipinski definition) is 5. The summed E-state index contributed by atoms with van der Waals surface area (Å²) in [6.07, 6.45) is 3.27. The third-order valence-corrected chi connectivity index (χ3v) is 6.29. The van der Waals surface area contributed by atoms with E-state index >= 15 is 0 Å². The maximum Gasteiger partial charge on any atom is 0.451 e. The van der Waals surface area contributed by atoms with E-state index in [1.54, 1.807) is 0 Å². The van der Waals surface area contributed by atoms with Crippen LogP contribution >= 0.6 is 0 Å². The van der Waals surface area contributed by atoms with Gasteiger partial charge in [-0.05, 0) is 60.9 Å². The number of unbranched alkanes of at least 4 members (excludes halogenated alkanes) is 1. The van der Waals surface area contributed by atoms with E-state index in [9.17, 15) is 9.90 Å². The molecule has 1 atom stereocenters. The highest BCUT2D eigenvalue weighted by atomic mass is 16.4. The zero-order chi connectivity index (χ0) is 20.9. The monoisotopic (exact) mass is 398 g/mol. The molecule has 1 unspecified atom stereocenters. The molecule has 29 heavy (non-hydrogen) atoms. The number of hydrogen-bond donors (Lipinski definition) is 4. The summed E-state index contributed by atoms with van der Waals surface area (Å²) in [7, 11) is -1.34. The third-order valence-electron chi connectivity index (χ3n) is 6.29. The fourth-order valence-corrected chi connectivity index (χ4v) is 4.51. The van der Waals surface area contributed by atoms with Crippen molar-refractivity contribution in [3.8, 4) is 0 Å². The van der Waals surface area contributed by atoms with Crippen molar-refractivity contribution in [2.75, 3.05) is 13.1 Å². The molecular formula is C22H31BN2O4. The van der Waals surface area contributed by atoms with Crippen LogP contribution in [0.2, 0.25) is 6.32 Å². The molecule has 5 N–H and O–H groups in total. The first-order valence-electron chi connectivity index (χ1n) is 10.5. The van der Waals surface area contributed by atoms with Crippen LogP contribution in [-0.2, 0) is 11.3 Å². The van der Waals surface area contributed by atoms with Gasteiger partial charge in [0.05, 0.1) is 0 Å². The minimum atomic E-state index is -1.34. The Morgan fingerprint density at radius 2 is 1.79 bits per heavy atom. The van der Waals surface area contributed by atoms with Crippen molar-refractivity contribution in [1.29, 1.82) is 0 Å². The first-order valence-corrected chi connectivity index (χ1v) is 10.5. The molecule has 0 bridgehead atoms. The Kier molecular flexibility index (Phi) is 7.30. The summed E-state index contributed by atoms with van der Waals surface area (Å²) in [6.45, 7) is 2.51. The lowest BCUT2D eigenvalue weighted by atomic mass is 9.74. The zero-order valence-electron chi connectivity index (χ0n) is 16.8. The number of fused-ring (bicyclic) bond motifs is 1. The molecule has 1 fully saturated rings. The SMILES string of the molecule is NC(CCCCB(O)O)(C(=O)O)C1CCN(Cc2cccc3ccccc23)CC1. The van der Waals surface area contributed by atoms with Gasteiger partial charge in [0, 0.05) is 6.54 Å². The van der Waals surface area contributed by atoms with Gasteiger partial charge in [-0.15, -0.1) is 0 Å². The first-order chi connectivity index (χ1) is 13.9. The lowest BCUT2D eigenvalue weighted by molar-refractivity contribution is -0.147. The van der Waals surface area contributed by atoms with E-state index in [0.29, 0.717) is 19.3 Å². The van der Waals surface area contributed by atoms with Gasteiger partial charge in [-0.1, -0.05) is 55.3 Å². The summed E-state index contributed by atoms with van der Waals surface area (Å²) < 4.78 is 0. The van der Waals surface area contributed by atoms with Gasteiger partial charge < -0.3 is 20.9 Å². The highest BCUT2D eigenvalue weighted by molar-refractivity contribution is 6.40. The first kappa shape index (κ1) is 21.8. The molecule has 1 saturated heterocycles. The zero-order valence-corrected chi connectivity index (χ0v) is 16.8. The van der Waals surface area contributed by atoms with Crippen LogP contribution in [0.5, 0.6) is 0 Å². The minimum absolute atomic E-state index is 0.0668. The highest BCUT2D eigenvalue weighted by Gasteiger charge is 2.42. The molecule has 0 radical (unpaired) electrons. The fourth-order valence-electron chi connectivity index (χ4n) is 4.51. The molecule has 7 heteroatoms. The maximum absolute atomic E-state index is 11.9. The number of nitrogens with two attached hydrogens (primary N) is 1. The second-order valence-electron chi connectivity index (χ2n) is 8.26. The molecule has 6 nitrogen and oxygen atoms in total. The van der Waals surface area contributed by atoms with Gasteiger partial charge in [-0.2, -0.15) is 0 Å². The standard InChI is InChI=1S/C22H31BN2O4/c24-22(21(26)27,12-3-4-13-23(28)29)19-10-14-25(15-11-19)16-18-8-5-7-17-6-1-2-9-20(17)18/h1-2,5-9,19,28-29H,3-4,10-16,24H2,(H,26,27). The number of rotatable bonds is 9. The summed E-state index contributed by atoms with van der Waals surface area (Å²) in [4.78, 5) is 14.3. The molecule has 3 rings (SSSR count). The fraction of sp³-hybridized carbons (Fsp3) is 0.500. The molecule has 2 aromatic carbocycles. The second-order valence-corrected chi connectivity index (χ2v) is 8.26. The molecular weight excluding hydrogens is 367 g/mol. The van der Waals surface area contributed by atoms with Crippen molar-refractivity contribution in [2.24, 2.45) is 11.7 Å². The van der Waals surface area contributed by atoms with Gasteiger partial charge in [0.15, 0.2) is 0 Å². The van der Waals surface area contributed by atoms with E-state index in [1.807, 2.05) is 6.07 Å². The molecule has 1 aliphatic heterocycles. The van der Waals surface area contributed by atoms with E-state index in [1.165, 1.54) is 16.3 Å². The molecule has 0 saturated carbocycles. The third kappa shape index (κ3) is 5.37. The van der Waals surface area contributed by atoms with Gasteiger partial charge in [0.25, 0.3) is 0 Å². The van der Waals surface area contributed by atoms with Crippen molar-refractivity contribution in [3.63, 3.8) is 0 Å². The molecule has 0 aromatic heterocycles. The topological polar surface area (TPSA) is 107 Å². The van der Waals surface area contributed by atoms with Gasteiger partial charge in [0.2, 0.25) is 0 Å². The Labute approximate surface area is 172 Å². The van der Waals surface area contributed by atoms with Crippen molar-refractivity contribution >= 4 is 23.9 Å². The molecule has 1 aliphatic rings. The van der Waals surface area contributed by atoms with Gasteiger partial charge >= 0.3 is 13.1 Å². The van der Waals surface area contributed by atoms with Crippen molar-refractivity contribution < 1.29 is 19.9 Å². The van der Waals surface area contributed by atoms with Crippen molar-refractivity contribution in [1.82, 2.24) is 4.90 Å². The highest BCUT2D eigenvalue weighted by Crippen LogP contribution is 2.32. The van der Waals surface area contributed by atoms with Crippen LogP contribution in [0.4, 0.5) is 0 Å². The normalized spacial score (nSPS) is 17.9. The number of benzene rings is 2. The van der Waals surface area contributed by atoms with Crippen LogP contribution in [0.25, 0.3) is 10.8 Å². The number of carboxylic acid groups (broad SMARTS) is 1. The summed E-state index contributed by atoms with van der Waals surface area (Å²) in [5.74, 6) is -1.02. The summed E-state index contributed by atoms with van der Waals surface area (Å²) in [5.41, 5.74) is 6.41. The van der Waals surface area contributed by atoms with Crippen LogP contribution < -0.4 is 5.73 Å². The van der Waals surface area contributed by atoms with Crippen LogP contribution in [0.15, 0.2) is 42.5 Å². The van der Waals surface area contributed by atoms with E-state index in [0.717, 1.165) is 32.5 Å². The molecule has 0 spiro atoms. The lowest BCUT2D eigenvalue weighted by Gasteiger charge is -2.40. The average Bonchev–Trinajstić information content (AvgIpc) is 2.71. The number of piperidine rings is 1. The van der Waals surface area contributed by atoms with Crippen LogP contribution in [-0.4, -0.2) is 51.8 Å². The summed E-state index contributed by atoms with van der Waals surface area (Å²) >= 11 is 0. The Morgan fingerprint density at radius 1 is 1.10 bits per heavy atom. The Morgan fingerprint density at radius 3 is 2.48 bits per heavy atom.